The zero-order chi connectivity index (χ0) is 24.1. The van der Waals surface area contributed by atoms with Gasteiger partial charge in [0.1, 0.15) is 12.6 Å². The van der Waals surface area contributed by atoms with Crippen LogP contribution in [0.2, 0.25) is 0 Å². The molecular weight excluding hydrogens is 434 g/mol. The Kier molecular flexibility index (Phi) is 7.49. The van der Waals surface area contributed by atoms with Crippen molar-refractivity contribution in [1.82, 2.24) is 20.2 Å². The lowest BCUT2D eigenvalue weighted by Gasteiger charge is -2.29. The molecule has 1 aliphatic carbocycles. The normalized spacial score (nSPS) is 20.5. The number of aromatic nitrogens is 2. The summed E-state index contributed by atoms with van der Waals surface area (Å²) in [5.74, 6) is 1.09. The van der Waals surface area contributed by atoms with E-state index in [2.05, 4.69) is 41.3 Å². The van der Waals surface area contributed by atoms with E-state index < -0.39 is 0 Å². The van der Waals surface area contributed by atoms with Crippen molar-refractivity contribution in [2.45, 2.75) is 57.6 Å². The third kappa shape index (κ3) is 5.58. The Labute approximate surface area is 200 Å². The first-order chi connectivity index (χ1) is 16.4. The summed E-state index contributed by atoms with van der Waals surface area (Å²) in [6, 6.07) is 8.03. The topological polar surface area (TPSA) is 96.9 Å². The lowest BCUT2D eigenvalue weighted by molar-refractivity contribution is -0.122. The van der Waals surface area contributed by atoms with E-state index in [1.807, 2.05) is 12.1 Å². The summed E-state index contributed by atoms with van der Waals surface area (Å²) in [7, 11) is 1.54. The first-order valence-corrected chi connectivity index (χ1v) is 11.9. The van der Waals surface area contributed by atoms with Gasteiger partial charge in [-0.1, -0.05) is 26.0 Å². The van der Waals surface area contributed by atoms with Gasteiger partial charge in [0.25, 0.3) is 11.8 Å². The number of hydrogen-bond acceptors (Lipinski definition) is 6. The average Bonchev–Trinajstić information content (AvgIpc) is 3.20. The first-order valence-electron chi connectivity index (χ1n) is 11.9. The second kappa shape index (κ2) is 10.7. The molecule has 1 aromatic heterocycles. The van der Waals surface area contributed by atoms with Crippen molar-refractivity contribution < 1.29 is 19.1 Å². The molecule has 0 radical (unpaired) electrons. The van der Waals surface area contributed by atoms with Crippen molar-refractivity contribution in [3.63, 3.8) is 0 Å². The minimum absolute atomic E-state index is 0.00885. The second-order valence-corrected chi connectivity index (χ2v) is 9.13. The van der Waals surface area contributed by atoms with Gasteiger partial charge >= 0.3 is 6.03 Å². The van der Waals surface area contributed by atoms with Gasteiger partial charge < -0.3 is 19.7 Å². The average molecular weight is 468 g/mol. The van der Waals surface area contributed by atoms with Crippen LogP contribution in [0.1, 0.15) is 51.0 Å². The van der Waals surface area contributed by atoms with Crippen molar-refractivity contribution in [2.24, 2.45) is 0 Å². The van der Waals surface area contributed by atoms with E-state index in [1.54, 1.807) is 22.2 Å². The van der Waals surface area contributed by atoms with Gasteiger partial charge in [0, 0.05) is 37.2 Å². The van der Waals surface area contributed by atoms with Gasteiger partial charge in [-0.25, -0.2) is 14.8 Å². The van der Waals surface area contributed by atoms with Crippen LogP contribution in [-0.2, 0) is 4.79 Å². The number of nitrogens with one attached hydrogen (secondary N) is 1. The molecule has 1 saturated heterocycles. The molecule has 2 aromatic rings. The van der Waals surface area contributed by atoms with Gasteiger partial charge in [0.15, 0.2) is 0 Å². The highest BCUT2D eigenvalue weighted by molar-refractivity contribution is 5.96. The number of benzene rings is 1. The molecule has 1 N–H and O–H groups in total. The molecule has 34 heavy (non-hydrogen) atoms. The Bertz CT molecular complexity index is 989. The maximum Gasteiger partial charge on any atom is 0.325 e. The van der Waals surface area contributed by atoms with Crippen molar-refractivity contribution in [1.29, 1.82) is 0 Å². The summed E-state index contributed by atoms with van der Waals surface area (Å²) in [6.45, 7) is 5.49. The fraction of sp³-hybridized carbons (Fsp3) is 0.520. The monoisotopic (exact) mass is 467 g/mol. The summed E-state index contributed by atoms with van der Waals surface area (Å²) in [5, 5.41) is 3.09. The number of nitrogens with zero attached hydrogens (tertiary/aromatic N) is 4. The predicted molar refractivity (Wildman–Crippen MR) is 128 cm³/mol. The molecule has 0 unspecified atom stereocenters. The van der Waals surface area contributed by atoms with Gasteiger partial charge in [-0.05, 0) is 49.3 Å². The van der Waals surface area contributed by atoms with E-state index in [1.165, 1.54) is 12.7 Å². The van der Waals surface area contributed by atoms with Gasteiger partial charge in [0.2, 0.25) is 5.91 Å². The number of ether oxygens (including phenoxy) is 2. The van der Waals surface area contributed by atoms with Crippen LogP contribution in [0.5, 0.6) is 11.8 Å². The van der Waals surface area contributed by atoms with Crippen LogP contribution >= 0.6 is 0 Å². The number of methoxy groups -OCH3 is 1. The quantitative estimate of drug-likeness (QED) is 0.640. The Morgan fingerprint density at radius 2 is 1.74 bits per heavy atom. The summed E-state index contributed by atoms with van der Waals surface area (Å²) in [4.78, 5) is 37.1. The fourth-order valence-electron chi connectivity index (χ4n) is 4.47. The van der Waals surface area contributed by atoms with Gasteiger partial charge in [-0.15, -0.1) is 0 Å². The molecule has 2 heterocycles. The number of carbonyl (C=O) groups is 2. The van der Waals surface area contributed by atoms with E-state index in [-0.39, 0.29) is 30.6 Å². The number of rotatable bonds is 8. The van der Waals surface area contributed by atoms with Crippen LogP contribution in [0.15, 0.2) is 36.7 Å². The van der Waals surface area contributed by atoms with E-state index in [0.717, 1.165) is 31.4 Å². The smallest absolute Gasteiger partial charge is 0.325 e. The van der Waals surface area contributed by atoms with E-state index in [9.17, 15) is 9.59 Å². The number of anilines is 1. The van der Waals surface area contributed by atoms with Crippen molar-refractivity contribution in [3.05, 3.63) is 42.2 Å². The molecule has 9 heteroatoms. The fourth-order valence-corrected chi connectivity index (χ4v) is 4.47. The molecule has 0 spiro atoms. The molecule has 9 nitrogen and oxygen atoms in total. The SMILES string of the molecule is COc1nccnc1OC1CCC(NC(=O)CN2CCN(c3ccc(C(C)C)cc3)C2=O)CC1. The highest BCUT2D eigenvalue weighted by Gasteiger charge is 2.32. The van der Waals surface area contributed by atoms with Crippen LogP contribution in [0.25, 0.3) is 0 Å². The number of amides is 3. The zero-order valence-corrected chi connectivity index (χ0v) is 20.1. The molecular formula is C25H33N5O4. The maximum absolute atomic E-state index is 12.9. The van der Waals surface area contributed by atoms with E-state index >= 15 is 0 Å². The standard InChI is InChI=1S/C25H33N5O4/c1-17(2)18-4-8-20(9-5-18)30-15-14-29(25(30)32)16-22(31)28-19-6-10-21(11-7-19)34-24-23(33-3)26-12-13-27-24/h4-5,8-9,12-13,17,19,21H,6-7,10-11,14-16H2,1-3H3,(H,28,31). The Morgan fingerprint density at radius 3 is 2.38 bits per heavy atom. The molecule has 3 amide bonds. The van der Waals surface area contributed by atoms with Crippen molar-refractivity contribution >= 4 is 17.6 Å². The molecule has 0 bridgehead atoms. The molecule has 1 aromatic carbocycles. The van der Waals surface area contributed by atoms with Gasteiger partial charge in [-0.3, -0.25) is 9.69 Å². The number of urea groups is 1. The zero-order valence-electron chi connectivity index (χ0n) is 20.1. The summed E-state index contributed by atoms with van der Waals surface area (Å²) in [5.41, 5.74) is 2.11. The summed E-state index contributed by atoms with van der Waals surface area (Å²) < 4.78 is 11.1. The predicted octanol–water partition coefficient (Wildman–Crippen LogP) is 3.36. The van der Waals surface area contributed by atoms with Crippen LogP contribution in [0, 0.1) is 0 Å². The van der Waals surface area contributed by atoms with E-state index in [0.29, 0.717) is 30.8 Å². The van der Waals surface area contributed by atoms with Crippen LogP contribution < -0.4 is 19.7 Å². The molecule has 1 saturated carbocycles. The Hall–Kier alpha value is -3.36. The second-order valence-electron chi connectivity index (χ2n) is 9.13. The van der Waals surface area contributed by atoms with Crippen LogP contribution in [-0.4, -0.2) is 65.7 Å². The lowest BCUT2D eigenvalue weighted by Crippen LogP contribution is -2.45. The van der Waals surface area contributed by atoms with E-state index in [4.69, 9.17) is 9.47 Å². The third-order valence-corrected chi connectivity index (χ3v) is 6.45. The van der Waals surface area contributed by atoms with Crippen molar-refractivity contribution in [3.8, 4) is 11.8 Å². The number of hydrogen-bond donors (Lipinski definition) is 1. The minimum Gasteiger partial charge on any atom is -0.477 e. The van der Waals surface area contributed by atoms with Crippen LogP contribution in [0.4, 0.5) is 10.5 Å². The molecule has 2 aliphatic rings. The van der Waals surface area contributed by atoms with Crippen LogP contribution in [0.3, 0.4) is 0 Å². The number of carbonyl (C=O) groups excluding carboxylic acids is 2. The highest BCUT2D eigenvalue weighted by atomic mass is 16.5. The van der Waals surface area contributed by atoms with Gasteiger partial charge in [-0.2, -0.15) is 0 Å². The molecule has 0 atom stereocenters. The Balaban J connectivity index is 1.22. The summed E-state index contributed by atoms with van der Waals surface area (Å²) >= 11 is 0. The molecule has 1 aliphatic heterocycles. The van der Waals surface area contributed by atoms with Crippen molar-refractivity contribution in [2.75, 3.05) is 31.6 Å². The largest absolute Gasteiger partial charge is 0.477 e. The Morgan fingerprint density at radius 1 is 1.06 bits per heavy atom. The molecule has 4 rings (SSSR count). The molecule has 2 fully saturated rings. The first kappa shape index (κ1) is 23.8. The third-order valence-electron chi connectivity index (χ3n) is 6.45. The molecule has 182 valence electrons. The summed E-state index contributed by atoms with van der Waals surface area (Å²) in [6.07, 6.45) is 6.36. The maximum atomic E-state index is 12.9. The minimum atomic E-state index is -0.123. The lowest BCUT2D eigenvalue weighted by atomic mass is 9.93. The van der Waals surface area contributed by atoms with Gasteiger partial charge in [0.05, 0.1) is 7.11 Å². The highest BCUT2D eigenvalue weighted by Crippen LogP contribution is 2.27.